The third-order valence-electron chi connectivity index (χ3n) is 3.29. The van der Waals surface area contributed by atoms with Crippen molar-refractivity contribution in [2.75, 3.05) is 7.11 Å². The molecule has 2 rings (SSSR count). The molecule has 1 fully saturated rings. The number of methoxy groups -OCH3 is 1. The van der Waals surface area contributed by atoms with E-state index in [0.29, 0.717) is 12.8 Å². The Bertz CT molecular complexity index is 671. The van der Waals surface area contributed by atoms with Gasteiger partial charge in [-0.05, 0) is 25.0 Å². The van der Waals surface area contributed by atoms with Gasteiger partial charge in [0.1, 0.15) is 4.90 Å². The zero-order valence-corrected chi connectivity index (χ0v) is 14.0. The summed E-state index contributed by atoms with van der Waals surface area (Å²) in [4.78, 5) is 11.8. The van der Waals surface area contributed by atoms with Gasteiger partial charge in [0.05, 0.1) is 21.7 Å². The fourth-order valence-electron chi connectivity index (χ4n) is 2.03. The van der Waals surface area contributed by atoms with E-state index < -0.39 is 15.0 Å². The van der Waals surface area contributed by atoms with Gasteiger partial charge in [0, 0.05) is 23.8 Å². The molecule has 0 unspecified atom stereocenters. The second kappa shape index (κ2) is 6.30. The molecule has 116 valence electrons. The van der Waals surface area contributed by atoms with Gasteiger partial charge in [-0.15, -0.1) is 0 Å². The molecule has 1 aromatic carbocycles. The molecule has 1 saturated carbocycles. The molecule has 0 aromatic heterocycles. The van der Waals surface area contributed by atoms with Crippen LogP contribution in [-0.2, 0) is 13.8 Å². The molecule has 9 heteroatoms. The molecule has 1 amide bonds. The van der Waals surface area contributed by atoms with Crippen LogP contribution in [0.2, 0.25) is 10.0 Å². The summed E-state index contributed by atoms with van der Waals surface area (Å²) in [5.74, 6) is -0.474. The molecule has 0 radical (unpaired) electrons. The first kappa shape index (κ1) is 16.8. The fourth-order valence-corrected chi connectivity index (χ4v) is 3.85. The van der Waals surface area contributed by atoms with E-state index in [-0.39, 0.29) is 32.7 Å². The molecule has 0 spiro atoms. The van der Waals surface area contributed by atoms with Crippen LogP contribution >= 0.6 is 33.9 Å². The van der Waals surface area contributed by atoms with Crippen molar-refractivity contribution in [3.8, 4) is 0 Å². The first-order valence-electron chi connectivity index (χ1n) is 5.99. The smallest absolute Gasteiger partial charge is 0.262 e. The number of rotatable bonds is 4. The van der Waals surface area contributed by atoms with Crippen molar-refractivity contribution >= 4 is 48.8 Å². The molecule has 0 bridgehead atoms. The molecule has 0 aliphatic heterocycles. The van der Waals surface area contributed by atoms with E-state index in [2.05, 4.69) is 5.32 Å². The number of hydrogen-bond donors (Lipinski definition) is 1. The van der Waals surface area contributed by atoms with E-state index in [0.717, 1.165) is 6.07 Å². The molecular formula is C12H12Cl3NO4S. The molecule has 5 nitrogen and oxygen atoms in total. The highest BCUT2D eigenvalue weighted by atomic mass is 35.7. The van der Waals surface area contributed by atoms with Gasteiger partial charge in [0.25, 0.3) is 15.0 Å². The topological polar surface area (TPSA) is 72.5 Å². The Balaban J connectivity index is 2.21. The monoisotopic (exact) mass is 371 g/mol. The third kappa shape index (κ3) is 3.81. The lowest BCUT2D eigenvalue weighted by Gasteiger charge is -2.34. The van der Waals surface area contributed by atoms with Crippen molar-refractivity contribution in [2.24, 2.45) is 0 Å². The maximum absolute atomic E-state index is 12.1. The summed E-state index contributed by atoms with van der Waals surface area (Å²) in [6.07, 6.45) is 1.54. The lowest BCUT2D eigenvalue weighted by atomic mass is 9.89. The number of amides is 1. The van der Waals surface area contributed by atoms with Crippen LogP contribution in [0.25, 0.3) is 0 Å². The van der Waals surface area contributed by atoms with Crippen molar-refractivity contribution < 1.29 is 17.9 Å². The third-order valence-corrected chi connectivity index (χ3v) is 5.39. The molecule has 0 heterocycles. The summed E-state index contributed by atoms with van der Waals surface area (Å²) >= 11 is 11.7. The summed E-state index contributed by atoms with van der Waals surface area (Å²) in [5, 5.41) is 2.68. The van der Waals surface area contributed by atoms with E-state index in [1.807, 2.05) is 0 Å². The standard InChI is InChI=1S/C12H12Cl3NO4S/c1-20-7-2-6(3-7)16-12(17)8-4-11(21(15,18)19)10(14)5-9(8)13/h4-7H,2-3H2,1H3,(H,16,17). The van der Waals surface area contributed by atoms with E-state index in [4.69, 9.17) is 38.6 Å². The first-order chi connectivity index (χ1) is 9.72. The SMILES string of the molecule is COC1CC(NC(=O)c2cc(S(=O)(=O)Cl)c(Cl)cc2Cl)C1. The van der Waals surface area contributed by atoms with E-state index >= 15 is 0 Å². The first-order valence-corrected chi connectivity index (χ1v) is 9.06. The number of hydrogen-bond acceptors (Lipinski definition) is 4. The molecule has 21 heavy (non-hydrogen) atoms. The zero-order valence-electron chi connectivity index (χ0n) is 10.9. The Morgan fingerprint density at radius 2 is 1.90 bits per heavy atom. The molecule has 1 aromatic rings. The maximum Gasteiger partial charge on any atom is 0.262 e. The molecular weight excluding hydrogens is 361 g/mol. The number of ether oxygens (including phenoxy) is 1. The van der Waals surface area contributed by atoms with Crippen molar-refractivity contribution in [3.63, 3.8) is 0 Å². The number of nitrogens with one attached hydrogen (secondary N) is 1. The van der Waals surface area contributed by atoms with Gasteiger partial charge in [-0.2, -0.15) is 0 Å². The van der Waals surface area contributed by atoms with Gasteiger partial charge in [-0.25, -0.2) is 8.42 Å². The predicted octanol–water partition coefficient (Wildman–Crippen LogP) is 2.83. The van der Waals surface area contributed by atoms with Crippen molar-refractivity contribution in [3.05, 3.63) is 27.7 Å². The normalized spacial score (nSPS) is 21.7. The Hall–Kier alpha value is -0.530. The van der Waals surface area contributed by atoms with Crippen LogP contribution in [-0.4, -0.2) is 33.6 Å². The summed E-state index contributed by atoms with van der Waals surface area (Å²) in [7, 11) is 2.82. The highest BCUT2D eigenvalue weighted by molar-refractivity contribution is 8.13. The van der Waals surface area contributed by atoms with Gasteiger partial charge in [0.2, 0.25) is 0 Å². The largest absolute Gasteiger partial charge is 0.381 e. The molecule has 1 aliphatic rings. The predicted molar refractivity (Wildman–Crippen MR) is 80.8 cm³/mol. The summed E-state index contributed by atoms with van der Waals surface area (Å²) in [5.41, 5.74) is 0.0150. The second-order valence-corrected chi connectivity index (χ2v) is 8.05. The highest BCUT2D eigenvalue weighted by Gasteiger charge is 2.31. The van der Waals surface area contributed by atoms with E-state index in [9.17, 15) is 13.2 Å². The van der Waals surface area contributed by atoms with E-state index in [1.165, 1.54) is 6.07 Å². The van der Waals surface area contributed by atoms with Gasteiger partial charge in [0.15, 0.2) is 0 Å². The van der Waals surface area contributed by atoms with Crippen LogP contribution in [0.5, 0.6) is 0 Å². The second-order valence-electron chi connectivity index (χ2n) is 4.70. The van der Waals surface area contributed by atoms with Crippen molar-refractivity contribution in [2.45, 2.75) is 29.9 Å². The average Bonchev–Trinajstić information content (AvgIpc) is 2.31. The van der Waals surface area contributed by atoms with Crippen LogP contribution in [0.4, 0.5) is 0 Å². The molecule has 0 saturated heterocycles. The lowest BCUT2D eigenvalue weighted by molar-refractivity contribution is 0.0176. The van der Waals surface area contributed by atoms with Crippen LogP contribution in [0, 0.1) is 0 Å². The number of benzene rings is 1. The van der Waals surface area contributed by atoms with Crippen LogP contribution in [0.15, 0.2) is 17.0 Å². The van der Waals surface area contributed by atoms with Crippen LogP contribution in [0.1, 0.15) is 23.2 Å². The van der Waals surface area contributed by atoms with Gasteiger partial charge in [-0.1, -0.05) is 23.2 Å². The van der Waals surface area contributed by atoms with E-state index in [1.54, 1.807) is 7.11 Å². The van der Waals surface area contributed by atoms with Gasteiger partial charge >= 0.3 is 0 Å². The Morgan fingerprint density at radius 3 is 2.43 bits per heavy atom. The highest BCUT2D eigenvalue weighted by Crippen LogP contribution is 2.31. The molecule has 0 atom stereocenters. The van der Waals surface area contributed by atoms with Gasteiger partial charge in [-0.3, -0.25) is 4.79 Å². The fraction of sp³-hybridized carbons (Fsp3) is 0.417. The Labute approximate surface area is 136 Å². The van der Waals surface area contributed by atoms with Crippen LogP contribution in [0.3, 0.4) is 0 Å². The lowest BCUT2D eigenvalue weighted by Crippen LogP contribution is -2.47. The average molecular weight is 373 g/mol. The Kier molecular flexibility index (Phi) is 5.05. The molecule has 1 aliphatic carbocycles. The zero-order chi connectivity index (χ0) is 15.8. The number of carbonyl (C=O) groups is 1. The minimum absolute atomic E-state index is 0.0150. The van der Waals surface area contributed by atoms with Gasteiger partial charge < -0.3 is 10.1 Å². The van der Waals surface area contributed by atoms with Crippen molar-refractivity contribution in [1.29, 1.82) is 0 Å². The summed E-state index contributed by atoms with van der Waals surface area (Å²) in [6.45, 7) is 0. The maximum atomic E-state index is 12.1. The molecule has 1 N–H and O–H groups in total. The number of carbonyl (C=O) groups excluding carboxylic acids is 1. The summed E-state index contributed by atoms with van der Waals surface area (Å²) < 4.78 is 27.9. The van der Waals surface area contributed by atoms with Crippen molar-refractivity contribution in [1.82, 2.24) is 5.32 Å². The number of halogens is 3. The minimum Gasteiger partial charge on any atom is -0.381 e. The summed E-state index contributed by atoms with van der Waals surface area (Å²) in [6, 6.07) is 2.24. The Morgan fingerprint density at radius 1 is 1.29 bits per heavy atom. The minimum atomic E-state index is -4.06. The van der Waals surface area contributed by atoms with Crippen LogP contribution < -0.4 is 5.32 Å². The quantitative estimate of drug-likeness (QED) is 0.825.